The molecule has 2 unspecified atom stereocenters. The van der Waals surface area contributed by atoms with Crippen molar-refractivity contribution < 1.29 is 13.6 Å². The van der Waals surface area contributed by atoms with Gasteiger partial charge in [0, 0.05) is 6.54 Å². The van der Waals surface area contributed by atoms with Gasteiger partial charge in [-0.25, -0.2) is 4.39 Å². The van der Waals surface area contributed by atoms with Crippen molar-refractivity contribution in [1.29, 1.82) is 0 Å². The molecule has 4 bridgehead atoms. The number of alkyl halides is 2. The van der Waals surface area contributed by atoms with Gasteiger partial charge in [0.1, 0.15) is 6.17 Å². The highest BCUT2D eigenvalue weighted by Gasteiger charge is 2.65. The van der Waals surface area contributed by atoms with E-state index in [-0.39, 0.29) is 23.4 Å². The van der Waals surface area contributed by atoms with E-state index in [0.29, 0.717) is 25.3 Å². The van der Waals surface area contributed by atoms with E-state index in [4.69, 9.17) is 0 Å². The van der Waals surface area contributed by atoms with E-state index in [1.807, 2.05) is 6.07 Å². The Morgan fingerprint density at radius 1 is 1.14 bits per heavy atom. The molecular formula is C24H32F2N2O. The van der Waals surface area contributed by atoms with Crippen LogP contribution in [0.15, 0.2) is 30.3 Å². The van der Waals surface area contributed by atoms with Crippen molar-refractivity contribution in [2.24, 2.45) is 16.7 Å². The molecule has 6 rings (SSSR count). The first-order valence-electron chi connectivity index (χ1n) is 11.3. The van der Waals surface area contributed by atoms with E-state index in [1.54, 1.807) is 0 Å². The van der Waals surface area contributed by atoms with Crippen molar-refractivity contribution in [1.82, 2.24) is 10.6 Å². The Morgan fingerprint density at radius 3 is 2.72 bits per heavy atom. The van der Waals surface area contributed by atoms with Gasteiger partial charge in [0.2, 0.25) is 5.91 Å². The number of amides is 1. The maximum Gasteiger partial charge on any atom is 0.226 e. The summed E-state index contributed by atoms with van der Waals surface area (Å²) in [6, 6.07) is 10.2. The highest BCUT2D eigenvalue weighted by atomic mass is 19.1. The second-order valence-electron chi connectivity index (χ2n) is 10.5. The van der Waals surface area contributed by atoms with Crippen LogP contribution in [0.3, 0.4) is 0 Å². The molecular weight excluding hydrogens is 370 g/mol. The lowest BCUT2D eigenvalue weighted by Gasteiger charge is -2.66. The molecule has 1 aromatic rings. The number of benzene rings is 1. The monoisotopic (exact) mass is 402 g/mol. The Balaban J connectivity index is 1.48. The van der Waals surface area contributed by atoms with Crippen LogP contribution in [-0.4, -0.2) is 37.9 Å². The first kappa shape index (κ1) is 19.5. The molecule has 0 radical (unpaired) electrons. The first-order valence-corrected chi connectivity index (χ1v) is 11.3. The predicted molar refractivity (Wildman–Crippen MR) is 109 cm³/mol. The lowest BCUT2D eigenvalue weighted by molar-refractivity contribution is -0.165. The summed E-state index contributed by atoms with van der Waals surface area (Å²) in [5.41, 5.74) is 0.686. The lowest BCUT2D eigenvalue weighted by atomic mass is 9.38. The number of hydrogen-bond acceptors (Lipinski definition) is 2. The van der Waals surface area contributed by atoms with Gasteiger partial charge in [0.15, 0.2) is 0 Å². The van der Waals surface area contributed by atoms with Crippen LogP contribution in [0.1, 0.15) is 56.9 Å². The van der Waals surface area contributed by atoms with Gasteiger partial charge in [0.05, 0.1) is 18.1 Å². The second kappa shape index (κ2) is 7.04. The Hall–Kier alpha value is -1.49. The molecule has 4 saturated carbocycles. The van der Waals surface area contributed by atoms with Gasteiger partial charge < -0.3 is 10.6 Å². The van der Waals surface area contributed by atoms with Crippen LogP contribution >= 0.6 is 0 Å². The van der Waals surface area contributed by atoms with Gasteiger partial charge in [0.25, 0.3) is 0 Å². The van der Waals surface area contributed by atoms with Gasteiger partial charge in [-0.15, -0.1) is 0 Å². The average Bonchev–Trinajstić information content (AvgIpc) is 2.69. The largest absolute Gasteiger partial charge is 0.350 e. The van der Waals surface area contributed by atoms with Gasteiger partial charge in [-0.05, 0) is 80.2 Å². The highest BCUT2D eigenvalue weighted by molar-refractivity contribution is 5.84. The molecule has 1 heterocycles. The van der Waals surface area contributed by atoms with Crippen LogP contribution in [0.25, 0.3) is 0 Å². The molecule has 1 amide bonds. The summed E-state index contributed by atoms with van der Waals surface area (Å²) in [6.45, 7) is 0.719. The maximum atomic E-state index is 14.4. The topological polar surface area (TPSA) is 41.1 Å². The van der Waals surface area contributed by atoms with E-state index in [0.717, 1.165) is 45.1 Å². The van der Waals surface area contributed by atoms with Crippen LogP contribution < -0.4 is 10.6 Å². The van der Waals surface area contributed by atoms with Crippen molar-refractivity contribution in [3.63, 3.8) is 0 Å². The molecule has 6 atom stereocenters. The Bertz CT molecular complexity index is 773. The van der Waals surface area contributed by atoms with E-state index >= 15 is 0 Å². The minimum absolute atomic E-state index is 0.0275. The Kier molecular flexibility index (Phi) is 4.73. The van der Waals surface area contributed by atoms with E-state index < -0.39 is 17.6 Å². The number of piperidine rings is 1. The summed E-state index contributed by atoms with van der Waals surface area (Å²) in [6.07, 6.45) is 5.73. The van der Waals surface area contributed by atoms with Crippen LogP contribution in [0, 0.1) is 16.7 Å². The molecule has 0 spiro atoms. The number of carbonyl (C=O) groups excluding carboxylic acids is 1. The van der Waals surface area contributed by atoms with E-state index in [1.165, 1.54) is 5.56 Å². The molecule has 158 valence electrons. The minimum Gasteiger partial charge on any atom is -0.350 e. The molecule has 4 aliphatic carbocycles. The smallest absolute Gasteiger partial charge is 0.226 e. The molecule has 29 heavy (non-hydrogen) atoms. The van der Waals surface area contributed by atoms with Crippen LogP contribution in [-0.2, 0) is 10.2 Å². The number of carbonyl (C=O) groups is 1. The van der Waals surface area contributed by atoms with Gasteiger partial charge in [-0.2, -0.15) is 0 Å². The molecule has 5 heteroatoms. The van der Waals surface area contributed by atoms with Crippen LogP contribution in [0.5, 0.6) is 0 Å². The predicted octanol–water partition coefficient (Wildman–Crippen LogP) is 4.07. The first-order chi connectivity index (χ1) is 14.0. The third-order valence-corrected chi connectivity index (χ3v) is 8.40. The lowest BCUT2D eigenvalue weighted by Crippen LogP contribution is -2.64. The molecule has 0 aromatic heterocycles. The molecule has 5 fully saturated rings. The number of halogens is 2. The average molecular weight is 403 g/mol. The zero-order chi connectivity index (χ0) is 20.1. The zero-order valence-corrected chi connectivity index (χ0v) is 17.1. The summed E-state index contributed by atoms with van der Waals surface area (Å²) < 4.78 is 28.0. The van der Waals surface area contributed by atoms with Crippen LogP contribution in [0.2, 0.25) is 0 Å². The minimum atomic E-state index is -1.04. The number of hydrogen-bond donors (Lipinski definition) is 2. The third-order valence-electron chi connectivity index (χ3n) is 8.40. The maximum absolute atomic E-state index is 14.4. The summed E-state index contributed by atoms with van der Waals surface area (Å²) in [5.74, 6) is 0.484. The van der Waals surface area contributed by atoms with Crippen molar-refractivity contribution in [2.45, 2.75) is 69.0 Å². The molecule has 1 aliphatic heterocycles. The molecule has 1 aromatic carbocycles. The fourth-order valence-corrected chi connectivity index (χ4v) is 7.79. The molecule has 1 saturated heterocycles. The molecule has 3 nitrogen and oxygen atoms in total. The fourth-order valence-electron chi connectivity index (χ4n) is 7.79. The summed E-state index contributed by atoms with van der Waals surface area (Å²) in [4.78, 5) is 13.6. The van der Waals surface area contributed by atoms with Crippen LogP contribution in [0.4, 0.5) is 8.78 Å². The zero-order valence-electron chi connectivity index (χ0n) is 17.1. The van der Waals surface area contributed by atoms with Gasteiger partial charge in [-0.1, -0.05) is 30.3 Å². The van der Waals surface area contributed by atoms with Crippen molar-refractivity contribution in [3.05, 3.63) is 35.9 Å². The molecule has 5 aliphatic rings. The third kappa shape index (κ3) is 3.20. The Labute approximate surface area is 172 Å². The standard InChI is InChI=1S/C24H32F2N2O/c25-8-7-22-10-17-11-23(14-22,18-4-2-1-3-5-18)16-24(12-17,15-22)21(29)28-20-6-9-27-13-19(20)26/h1-5,17,19-20,27H,6-16H2,(H,28,29)/t17?,19-,20-,22+,23+,24?/m0/s1. The SMILES string of the molecule is O=C(N[C@H]1CCNC[C@@H]1F)C12CC3C[C@@](CCF)(C1)C[C@](c1ccccc1)(C3)C2. The number of rotatable bonds is 5. The van der Waals surface area contributed by atoms with E-state index in [9.17, 15) is 13.6 Å². The van der Waals surface area contributed by atoms with Crippen molar-refractivity contribution >= 4 is 5.91 Å². The quantitative estimate of drug-likeness (QED) is 0.780. The summed E-state index contributed by atoms with van der Waals surface area (Å²) in [5, 5.41) is 6.16. The van der Waals surface area contributed by atoms with Gasteiger partial charge >= 0.3 is 0 Å². The van der Waals surface area contributed by atoms with E-state index in [2.05, 4.69) is 34.9 Å². The highest BCUT2D eigenvalue weighted by Crippen LogP contribution is 2.71. The summed E-state index contributed by atoms with van der Waals surface area (Å²) >= 11 is 0. The van der Waals surface area contributed by atoms with Crippen molar-refractivity contribution in [2.75, 3.05) is 19.8 Å². The number of nitrogens with one attached hydrogen (secondary N) is 2. The second-order valence-corrected chi connectivity index (χ2v) is 10.5. The Morgan fingerprint density at radius 2 is 1.97 bits per heavy atom. The fraction of sp³-hybridized carbons (Fsp3) is 0.708. The normalized spacial score (nSPS) is 43.3. The molecule has 2 N–H and O–H groups in total. The van der Waals surface area contributed by atoms with Crippen molar-refractivity contribution in [3.8, 4) is 0 Å². The van der Waals surface area contributed by atoms with Gasteiger partial charge in [-0.3, -0.25) is 9.18 Å². The summed E-state index contributed by atoms with van der Waals surface area (Å²) in [7, 11) is 0.